The van der Waals surface area contributed by atoms with Gasteiger partial charge in [0.25, 0.3) is 0 Å². The Morgan fingerprint density at radius 2 is 1.69 bits per heavy atom. The molecule has 0 aromatic carbocycles. The number of amides is 1. The van der Waals surface area contributed by atoms with Crippen LogP contribution >= 0.6 is 0 Å². The molecule has 0 spiro atoms. The van der Waals surface area contributed by atoms with Crippen LogP contribution in [0.25, 0.3) is 0 Å². The Hall–Kier alpha value is -1.19. The van der Waals surface area contributed by atoms with Crippen LogP contribution < -0.4 is 5.32 Å². The van der Waals surface area contributed by atoms with Crippen LogP contribution in [0.2, 0.25) is 0 Å². The second kappa shape index (κ2) is 5.77. The van der Waals surface area contributed by atoms with E-state index in [-0.39, 0.29) is 29.9 Å². The quantitative estimate of drug-likeness (QED) is 0.744. The number of ketones is 2. The number of hydrogen-bond acceptors (Lipinski definition) is 3. The monoisotopic (exact) mass is 227 g/mol. The topological polar surface area (TPSA) is 63.2 Å². The first-order valence-corrected chi connectivity index (χ1v) is 5.45. The van der Waals surface area contributed by atoms with Crippen LogP contribution in [0.3, 0.4) is 0 Å². The first-order chi connectivity index (χ1) is 7.16. The summed E-state index contributed by atoms with van der Waals surface area (Å²) >= 11 is 0. The van der Waals surface area contributed by atoms with Crippen molar-refractivity contribution in [3.05, 3.63) is 0 Å². The van der Waals surface area contributed by atoms with Gasteiger partial charge < -0.3 is 5.32 Å². The highest BCUT2D eigenvalue weighted by atomic mass is 16.2. The van der Waals surface area contributed by atoms with Crippen molar-refractivity contribution in [1.29, 1.82) is 0 Å². The Morgan fingerprint density at radius 3 is 2.06 bits per heavy atom. The van der Waals surface area contributed by atoms with Gasteiger partial charge in [-0.15, -0.1) is 0 Å². The van der Waals surface area contributed by atoms with Gasteiger partial charge in [0.05, 0.1) is 6.54 Å². The van der Waals surface area contributed by atoms with Gasteiger partial charge in [-0.25, -0.2) is 0 Å². The number of carbonyl (C=O) groups is 3. The molecule has 0 saturated carbocycles. The first-order valence-electron chi connectivity index (χ1n) is 5.45. The summed E-state index contributed by atoms with van der Waals surface area (Å²) in [6.45, 7) is 8.42. The van der Waals surface area contributed by atoms with E-state index in [1.54, 1.807) is 6.92 Å². The maximum atomic E-state index is 11.6. The minimum absolute atomic E-state index is 0.0592. The molecule has 4 nitrogen and oxygen atoms in total. The van der Waals surface area contributed by atoms with Gasteiger partial charge in [0.15, 0.2) is 0 Å². The van der Waals surface area contributed by atoms with Gasteiger partial charge in [0.1, 0.15) is 11.6 Å². The Morgan fingerprint density at radius 1 is 1.19 bits per heavy atom. The fraction of sp³-hybridized carbons (Fsp3) is 0.750. The highest BCUT2D eigenvalue weighted by Gasteiger charge is 2.28. The number of hydrogen-bond donors (Lipinski definition) is 1. The molecule has 0 fully saturated rings. The first kappa shape index (κ1) is 14.8. The summed E-state index contributed by atoms with van der Waals surface area (Å²) in [5, 5.41) is 2.54. The van der Waals surface area contributed by atoms with Crippen LogP contribution in [0, 0.1) is 11.3 Å². The summed E-state index contributed by atoms with van der Waals surface area (Å²) in [4.78, 5) is 33.6. The molecular formula is C12H21NO3. The molecule has 0 aliphatic heterocycles. The molecule has 0 rings (SSSR count). The van der Waals surface area contributed by atoms with Crippen LogP contribution in [0.4, 0.5) is 0 Å². The second-order valence-electron chi connectivity index (χ2n) is 4.97. The Labute approximate surface area is 96.8 Å². The molecule has 0 aliphatic carbocycles. The van der Waals surface area contributed by atoms with Gasteiger partial charge in [-0.3, -0.25) is 14.4 Å². The molecule has 0 aromatic rings. The van der Waals surface area contributed by atoms with Crippen molar-refractivity contribution in [2.75, 3.05) is 6.54 Å². The van der Waals surface area contributed by atoms with E-state index in [0.717, 1.165) is 0 Å². The van der Waals surface area contributed by atoms with Gasteiger partial charge in [-0.2, -0.15) is 0 Å². The Kier molecular flexibility index (Phi) is 5.35. The molecule has 1 atom stereocenters. The van der Waals surface area contributed by atoms with Gasteiger partial charge in [-0.05, 0) is 20.3 Å². The maximum Gasteiger partial charge on any atom is 0.223 e. The lowest BCUT2D eigenvalue weighted by Crippen LogP contribution is -2.36. The second-order valence-corrected chi connectivity index (χ2v) is 4.97. The van der Waals surface area contributed by atoms with Crippen molar-refractivity contribution in [2.45, 2.75) is 41.0 Å². The lowest BCUT2D eigenvalue weighted by atomic mass is 9.80. The van der Waals surface area contributed by atoms with E-state index in [4.69, 9.17) is 0 Å². The lowest BCUT2D eigenvalue weighted by molar-refractivity contribution is -0.130. The highest BCUT2D eigenvalue weighted by Crippen LogP contribution is 2.26. The smallest absolute Gasteiger partial charge is 0.223 e. The van der Waals surface area contributed by atoms with Crippen molar-refractivity contribution in [3.63, 3.8) is 0 Å². The minimum Gasteiger partial charge on any atom is -0.349 e. The summed E-state index contributed by atoms with van der Waals surface area (Å²) in [6.07, 6.45) is 0.492. The average molecular weight is 227 g/mol. The molecule has 16 heavy (non-hydrogen) atoms. The zero-order chi connectivity index (χ0) is 12.9. The molecule has 1 amide bonds. The van der Waals surface area contributed by atoms with Crippen molar-refractivity contribution < 1.29 is 14.4 Å². The average Bonchev–Trinajstić information content (AvgIpc) is 2.12. The lowest BCUT2D eigenvalue weighted by Gasteiger charge is -2.24. The van der Waals surface area contributed by atoms with E-state index in [1.165, 1.54) is 13.8 Å². The third kappa shape index (κ3) is 5.05. The number of rotatable bonds is 6. The van der Waals surface area contributed by atoms with E-state index in [2.05, 4.69) is 5.32 Å². The summed E-state index contributed by atoms with van der Waals surface area (Å²) in [7, 11) is 0. The minimum atomic E-state index is -0.493. The molecule has 4 heteroatoms. The third-order valence-electron chi connectivity index (χ3n) is 2.73. The van der Waals surface area contributed by atoms with Gasteiger partial charge >= 0.3 is 0 Å². The maximum absolute atomic E-state index is 11.6. The molecule has 1 N–H and O–H groups in total. The predicted molar refractivity (Wildman–Crippen MR) is 61.9 cm³/mol. The fourth-order valence-electron chi connectivity index (χ4n) is 1.39. The van der Waals surface area contributed by atoms with E-state index in [1.807, 2.05) is 13.8 Å². The number of nitrogens with one attached hydrogen (secondary N) is 1. The molecule has 1 unspecified atom stereocenters. The molecule has 0 saturated heterocycles. The van der Waals surface area contributed by atoms with Crippen molar-refractivity contribution in [2.24, 2.45) is 11.3 Å². The molecule has 0 aliphatic rings. The summed E-state index contributed by atoms with van der Waals surface area (Å²) in [5.41, 5.74) is -0.493. The van der Waals surface area contributed by atoms with Crippen LogP contribution in [-0.2, 0) is 14.4 Å². The van der Waals surface area contributed by atoms with Gasteiger partial charge in [0, 0.05) is 11.3 Å². The van der Waals surface area contributed by atoms with Crippen LogP contribution in [0.15, 0.2) is 0 Å². The third-order valence-corrected chi connectivity index (χ3v) is 2.73. The van der Waals surface area contributed by atoms with Crippen LogP contribution in [0.1, 0.15) is 41.0 Å². The van der Waals surface area contributed by atoms with E-state index in [0.29, 0.717) is 6.42 Å². The zero-order valence-corrected chi connectivity index (χ0v) is 10.7. The number of carbonyl (C=O) groups excluding carboxylic acids is 3. The van der Waals surface area contributed by atoms with Crippen molar-refractivity contribution in [3.8, 4) is 0 Å². The van der Waals surface area contributed by atoms with Crippen LogP contribution in [0.5, 0.6) is 0 Å². The van der Waals surface area contributed by atoms with Gasteiger partial charge in [0.2, 0.25) is 5.91 Å². The molecule has 92 valence electrons. The van der Waals surface area contributed by atoms with Gasteiger partial charge in [-0.1, -0.05) is 20.8 Å². The van der Waals surface area contributed by atoms with Crippen molar-refractivity contribution in [1.82, 2.24) is 5.32 Å². The fourth-order valence-corrected chi connectivity index (χ4v) is 1.39. The summed E-state index contributed by atoms with van der Waals surface area (Å²) in [6, 6.07) is 0. The predicted octanol–water partition coefficient (Wildman–Crippen LogP) is 1.33. The normalized spacial score (nSPS) is 13.1. The van der Waals surface area contributed by atoms with E-state index in [9.17, 15) is 14.4 Å². The van der Waals surface area contributed by atoms with Crippen LogP contribution in [-0.4, -0.2) is 24.0 Å². The Bertz CT molecular complexity index is 295. The SMILES string of the molecule is CC(=O)CNC(=O)C(C)CC(C)(C)C(C)=O. The summed E-state index contributed by atoms with van der Waals surface area (Å²) < 4.78 is 0. The van der Waals surface area contributed by atoms with Crippen molar-refractivity contribution >= 4 is 17.5 Å². The largest absolute Gasteiger partial charge is 0.349 e. The molecule has 0 bridgehead atoms. The molecule has 0 aromatic heterocycles. The standard InChI is InChI=1S/C12H21NO3/c1-8(6-12(4,5)10(3)15)11(16)13-7-9(2)14/h8H,6-7H2,1-5H3,(H,13,16). The molecule has 0 radical (unpaired) electrons. The van der Waals surface area contributed by atoms with E-state index >= 15 is 0 Å². The molecule has 0 heterocycles. The number of Topliss-reactive ketones (excluding diaryl/α,β-unsaturated/α-hetero) is 2. The molecular weight excluding hydrogens is 206 g/mol. The highest BCUT2D eigenvalue weighted by molar-refractivity contribution is 5.86. The Balaban J connectivity index is 4.25. The van der Waals surface area contributed by atoms with E-state index < -0.39 is 5.41 Å². The summed E-state index contributed by atoms with van der Waals surface area (Å²) in [5.74, 6) is -0.451. The zero-order valence-electron chi connectivity index (χ0n) is 10.7.